The molecule has 0 radical (unpaired) electrons. The summed E-state index contributed by atoms with van der Waals surface area (Å²) in [6.45, 7) is 1.81. The number of hydrogen-bond acceptors (Lipinski definition) is 7. The Kier molecular flexibility index (Phi) is 3.35. The van der Waals surface area contributed by atoms with E-state index in [-0.39, 0.29) is 49.6 Å². The Balaban J connectivity index is 1.35. The van der Waals surface area contributed by atoms with Crippen molar-refractivity contribution in [2.24, 2.45) is 11.8 Å². The second-order valence-corrected chi connectivity index (χ2v) is 6.07. The maximum absolute atomic E-state index is 12.2. The van der Waals surface area contributed by atoms with Crippen molar-refractivity contribution in [1.29, 1.82) is 0 Å². The Morgan fingerprint density at radius 2 is 1.29 bits per heavy atom. The number of carbonyl (C=O) groups excluding carboxylic acids is 2. The highest BCUT2D eigenvalue weighted by Crippen LogP contribution is 2.44. The summed E-state index contributed by atoms with van der Waals surface area (Å²) in [4.78, 5) is 24.4. The van der Waals surface area contributed by atoms with Crippen molar-refractivity contribution in [3.8, 4) is 0 Å². The maximum atomic E-state index is 12.2. The van der Waals surface area contributed by atoms with E-state index in [0.29, 0.717) is 26.1 Å². The molecule has 7 nitrogen and oxygen atoms in total. The number of epoxide rings is 3. The summed E-state index contributed by atoms with van der Waals surface area (Å²) in [6, 6.07) is 0. The summed E-state index contributed by atoms with van der Waals surface area (Å²) >= 11 is 0. The molecule has 0 aromatic carbocycles. The number of esters is 2. The highest BCUT2D eigenvalue weighted by Gasteiger charge is 2.53. The summed E-state index contributed by atoms with van der Waals surface area (Å²) < 4.78 is 26.0. The van der Waals surface area contributed by atoms with Crippen LogP contribution in [0.2, 0.25) is 0 Å². The summed E-state index contributed by atoms with van der Waals surface area (Å²) in [5, 5.41) is 0. The molecule has 1 aliphatic carbocycles. The van der Waals surface area contributed by atoms with Gasteiger partial charge >= 0.3 is 11.9 Å². The molecule has 7 heteroatoms. The zero-order chi connectivity index (χ0) is 14.4. The Morgan fingerprint density at radius 1 is 0.857 bits per heavy atom. The zero-order valence-corrected chi connectivity index (χ0v) is 11.6. The van der Waals surface area contributed by atoms with Crippen LogP contribution < -0.4 is 0 Å². The van der Waals surface area contributed by atoms with Crippen molar-refractivity contribution < 1.29 is 33.3 Å². The van der Waals surface area contributed by atoms with Crippen molar-refractivity contribution in [3.05, 3.63) is 0 Å². The van der Waals surface area contributed by atoms with Gasteiger partial charge in [0.05, 0.1) is 37.3 Å². The van der Waals surface area contributed by atoms with Gasteiger partial charge in [-0.2, -0.15) is 0 Å². The molecule has 4 aliphatic rings. The van der Waals surface area contributed by atoms with Gasteiger partial charge in [0.1, 0.15) is 25.4 Å². The number of carbonyl (C=O) groups is 2. The van der Waals surface area contributed by atoms with Gasteiger partial charge in [0.2, 0.25) is 0 Å². The minimum absolute atomic E-state index is 0.0277. The molecule has 3 saturated heterocycles. The average Bonchev–Trinajstić information content (AvgIpc) is 3.37. The van der Waals surface area contributed by atoms with Crippen LogP contribution in [0.15, 0.2) is 0 Å². The maximum Gasteiger partial charge on any atom is 0.310 e. The predicted molar refractivity (Wildman–Crippen MR) is 66.3 cm³/mol. The summed E-state index contributed by atoms with van der Waals surface area (Å²) in [6.07, 6.45) is 1.31. The molecule has 3 heterocycles. The second-order valence-electron chi connectivity index (χ2n) is 6.07. The van der Waals surface area contributed by atoms with Crippen LogP contribution in [0.4, 0.5) is 0 Å². The van der Waals surface area contributed by atoms with Gasteiger partial charge in [-0.15, -0.1) is 0 Å². The van der Waals surface area contributed by atoms with Gasteiger partial charge in [0.25, 0.3) is 0 Å². The van der Waals surface area contributed by atoms with E-state index in [4.69, 9.17) is 23.7 Å². The molecule has 4 rings (SSSR count). The molecule has 0 aromatic heterocycles. The minimum atomic E-state index is -0.472. The van der Waals surface area contributed by atoms with Crippen LogP contribution in [0.25, 0.3) is 0 Å². The Labute approximate surface area is 121 Å². The molecule has 0 aromatic rings. The van der Waals surface area contributed by atoms with Crippen LogP contribution in [0, 0.1) is 11.8 Å². The van der Waals surface area contributed by atoms with Crippen molar-refractivity contribution >= 4 is 11.9 Å². The van der Waals surface area contributed by atoms with Crippen LogP contribution in [0.5, 0.6) is 0 Å². The van der Waals surface area contributed by atoms with Gasteiger partial charge in [-0.1, -0.05) is 0 Å². The molecule has 6 atom stereocenters. The lowest BCUT2D eigenvalue weighted by Crippen LogP contribution is -2.38. The molecule has 21 heavy (non-hydrogen) atoms. The third-order valence-corrected chi connectivity index (χ3v) is 4.38. The van der Waals surface area contributed by atoms with Gasteiger partial charge in [-0.25, -0.2) is 0 Å². The lowest BCUT2D eigenvalue weighted by Gasteiger charge is -2.26. The monoisotopic (exact) mass is 298 g/mol. The first-order valence-corrected chi connectivity index (χ1v) is 7.42. The van der Waals surface area contributed by atoms with E-state index in [1.54, 1.807) is 0 Å². The zero-order valence-electron chi connectivity index (χ0n) is 11.6. The number of rotatable bonds is 6. The van der Waals surface area contributed by atoms with Crippen LogP contribution in [0.1, 0.15) is 12.8 Å². The molecule has 0 unspecified atom stereocenters. The fourth-order valence-corrected chi connectivity index (χ4v) is 2.84. The summed E-state index contributed by atoms with van der Waals surface area (Å²) in [5.74, 6) is -1.63. The van der Waals surface area contributed by atoms with E-state index in [1.165, 1.54) is 0 Å². The molecule has 116 valence electrons. The molecule has 1 saturated carbocycles. The summed E-state index contributed by atoms with van der Waals surface area (Å²) in [7, 11) is 0. The summed E-state index contributed by atoms with van der Waals surface area (Å²) in [5.41, 5.74) is 0. The van der Waals surface area contributed by atoms with Crippen molar-refractivity contribution in [1.82, 2.24) is 0 Å². The van der Waals surface area contributed by atoms with Crippen LogP contribution in [-0.4, -0.2) is 62.8 Å². The van der Waals surface area contributed by atoms with Crippen LogP contribution in [0.3, 0.4) is 0 Å². The van der Waals surface area contributed by atoms with E-state index < -0.39 is 11.8 Å². The Morgan fingerprint density at radius 3 is 1.67 bits per heavy atom. The van der Waals surface area contributed by atoms with E-state index >= 15 is 0 Å². The highest BCUT2D eigenvalue weighted by molar-refractivity contribution is 5.82. The molecule has 0 N–H and O–H groups in total. The van der Waals surface area contributed by atoms with Crippen molar-refractivity contribution in [2.75, 3.05) is 26.4 Å². The molecule has 0 spiro atoms. The first-order chi connectivity index (χ1) is 10.2. The normalized spacial score (nSPS) is 42.7. The topological polar surface area (TPSA) is 90.2 Å². The Hall–Kier alpha value is -1.18. The molecule has 0 bridgehead atoms. The lowest BCUT2D eigenvalue weighted by molar-refractivity contribution is -0.162. The SMILES string of the molecule is O=C(OC[C@@H]1CO1)[C@H]1C[C@H]2O[C@@H]2C[C@H]1C(=O)OC[C@@H]1CO1. The lowest BCUT2D eigenvalue weighted by atomic mass is 9.79. The largest absolute Gasteiger partial charge is 0.463 e. The second kappa shape index (κ2) is 5.23. The van der Waals surface area contributed by atoms with E-state index in [0.717, 1.165) is 0 Å². The van der Waals surface area contributed by atoms with E-state index in [9.17, 15) is 9.59 Å². The number of hydrogen-bond donors (Lipinski definition) is 0. The smallest absolute Gasteiger partial charge is 0.310 e. The molecule has 4 fully saturated rings. The Bertz CT molecular complexity index is 403. The predicted octanol–water partition coefficient (Wildman–Crippen LogP) is -0.336. The van der Waals surface area contributed by atoms with Crippen LogP contribution in [-0.2, 0) is 33.3 Å². The van der Waals surface area contributed by atoms with E-state index in [1.807, 2.05) is 0 Å². The fourth-order valence-electron chi connectivity index (χ4n) is 2.84. The van der Waals surface area contributed by atoms with Gasteiger partial charge in [-0.3, -0.25) is 9.59 Å². The third kappa shape index (κ3) is 3.20. The third-order valence-electron chi connectivity index (χ3n) is 4.38. The minimum Gasteiger partial charge on any atom is -0.463 e. The molecular formula is C14H18O7. The van der Waals surface area contributed by atoms with Crippen molar-refractivity contribution in [2.45, 2.75) is 37.3 Å². The first kappa shape index (κ1) is 13.5. The molecular weight excluding hydrogens is 280 g/mol. The van der Waals surface area contributed by atoms with Gasteiger partial charge < -0.3 is 23.7 Å². The number of fused-ring (bicyclic) bond motifs is 1. The van der Waals surface area contributed by atoms with Gasteiger partial charge in [0.15, 0.2) is 0 Å². The van der Waals surface area contributed by atoms with Gasteiger partial charge in [-0.05, 0) is 12.8 Å². The highest BCUT2D eigenvalue weighted by atomic mass is 16.6. The fraction of sp³-hybridized carbons (Fsp3) is 0.857. The van der Waals surface area contributed by atoms with Gasteiger partial charge in [0, 0.05) is 0 Å². The first-order valence-electron chi connectivity index (χ1n) is 7.42. The van der Waals surface area contributed by atoms with Crippen molar-refractivity contribution in [3.63, 3.8) is 0 Å². The molecule has 3 aliphatic heterocycles. The number of ether oxygens (including phenoxy) is 5. The standard InChI is InChI=1S/C14H18O7/c15-13(19-5-7-3-17-7)9-1-11-12(21-11)2-10(9)14(16)20-6-8-4-18-8/h7-12H,1-6H2/t7-,8-,9-,10+,11+,12+/m0/s1. The molecule has 0 amide bonds. The van der Waals surface area contributed by atoms with Crippen LogP contribution >= 0.6 is 0 Å². The average molecular weight is 298 g/mol. The van der Waals surface area contributed by atoms with E-state index in [2.05, 4.69) is 0 Å². The quantitative estimate of drug-likeness (QED) is 0.489.